The van der Waals surface area contributed by atoms with E-state index >= 15 is 0 Å². The number of hydrogen-bond donors (Lipinski definition) is 5. The van der Waals surface area contributed by atoms with Crippen molar-refractivity contribution in [3.05, 3.63) is 35.9 Å². The molecule has 0 bridgehead atoms. The Morgan fingerprint density at radius 2 is 1.71 bits per heavy atom. The Morgan fingerprint density at radius 1 is 1.03 bits per heavy atom. The Balaban J connectivity index is 2.34. The van der Waals surface area contributed by atoms with E-state index in [-0.39, 0.29) is 24.5 Å². The van der Waals surface area contributed by atoms with Crippen molar-refractivity contribution in [2.24, 2.45) is 5.92 Å². The zero-order valence-electron chi connectivity index (χ0n) is 19.9. The minimum absolute atomic E-state index is 0.0270. The lowest BCUT2D eigenvalue weighted by atomic mass is 10.0. The minimum atomic E-state index is -1.10. The summed E-state index contributed by atoms with van der Waals surface area (Å²) in [5.74, 6) is -2.64. The Hall–Kier alpha value is -3.41. The van der Waals surface area contributed by atoms with E-state index in [9.17, 15) is 28.8 Å². The summed E-state index contributed by atoms with van der Waals surface area (Å²) in [6, 6.07) is 5.12. The Morgan fingerprint density at radius 3 is 2.34 bits per heavy atom. The minimum Gasteiger partial charge on any atom is -0.345 e. The van der Waals surface area contributed by atoms with E-state index in [1.807, 2.05) is 44.2 Å². The molecule has 1 aromatic carbocycles. The molecule has 2 rings (SSSR count). The average molecular weight is 506 g/mol. The number of nitrogens with one attached hydrogen (secondary N) is 5. The first-order valence-electron chi connectivity index (χ1n) is 11.2. The van der Waals surface area contributed by atoms with Gasteiger partial charge in [-0.15, -0.1) is 0 Å². The number of amides is 6. The topological polar surface area (TPSA) is 163 Å². The molecule has 6 amide bonds. The van der Waals surface area contributed by atoms with Gasteiger partial charge in [-0.05, 0) is 17.9 Å². The molecule has 0 spiro atoms. The molecule has 1 aliphatic rings. The summed E-state index contributed by atoms with van der Waals surface area (Å²) in [6.07, 6.45) is 0.461. The molecule has 1 heterocycles. The van der Waals surface area contributed by atoms with Crippen LogP contribution in [-0.2, 0) is 30.4 Å². The standard InChI is InChI=1S/C23H31N5O6S/c1-13(2)9-16-21(32)26-17(10-15-7-5-4-6-8-15)22(33)35-12-18(25-14(3)29)20(31)24-11-19(30)28-23(34)27-16/h4-8,13,16-18H,9-12H2,1-3H3,(H,24,31)(H,25,29)(H,26,32)(H2,27,28,30,34)/t16-,17-,18-/m0/s1. The lowest BCUT2D eigenvalue weighted by Crippen LogP contribution is -2.55. The van der Waals surface area contributed by atoms with Gasteiger partial charge in [-0.1, -0.05) is 55.9 Å². The fourth-order valence-corrected chi connectivity index (χ4v) is 4.28. The second-order valence-corrected chi connectivity index (χ2v) is 9.58. The molecule has 0 unspecified atom stereocenters. The molecule has 35 heavy (non-hydrogen) atoms. The Labute approximate surface area is 207 Å². The van der Waals surface area contributed by atoms with Crippen molar-refractivity contribution in [1.29, 1.82) is 0 Å². The van der Waals surface area contributed by atoms with Crippen molar-refractivity contribution in [2.75, 3.05) is 12.3 Å². The maximum atomic E-state index is 13.1. The third kappa shape index (κ3) is 9.77. The predicted octanol–water partition coefficient (Wildman–Crippen LogP) is -0.151. The third-order valence-electron chi connectivity index (χ3n) is 4.97. The highest BCUT2D eigenvalue weighted by molar-refractivity contribution is 8.13. The van der Waals surface area contributed by atoms with Crippen LogP contribution in [0, 0.1) is 5.92 Å². The van der Waals surface area contributed by atoms with Gasteiger partial charge in [0.05, 0.1) is 6.54 Å². The molecule has 0 aromatic heterocycles. The van der Waals surface area contributed by atoms with E-state index in [1.54, 1.807) is 0 Å². The number of rotatable bonds is 5. The summed E-state index contributed by atoms with van der Waals surface area (Å²) in [5.41, 5.74) is 0.803. The number of carbonyl (C=O) groups is 6. The van der Waals surface area contributed by atoms with Crippen LogP contribution in [0.15, 0.2) is 30.3 Å². The van der Waals surface area contributed by atoms with Crippen LogP contribution in [-0.4, -0.2) is 65.2 Å². The Bertz CT molecular complexity index is 955. The smallest absolute Gasteiger partial charge is 0.322 e. The fraction of sp³-hybridized carbons (Fsp3) is 0.478. The number of urea groups is 1. The van der Waals surface area contributed by atoms with Gasteiger partial charge in [-0.25, -0.2) is 4.79 Å². The van der Waals surface area contributed by atoms with Crippen LogP contribution in [0.5, 0.6) is 0 Å². The molecule has 1 aromatic rings. The molecule has 1 aliphatic heterocycles. The predicted molar refractivity (Wildman–Crippen MR) is 130 cm³/mol. The summed E-state index contributed by atoms with van der Waals surface area (Å²) in [5, 5.41) is 11.6. The number of carbonyl (C=O) groups excluding carboxylic acids is 6. The second kappa shape index (κ2) is 13.5. The average Bonchev–Trinajstić information content (AvgIpc) is 2.78. The van der Waals surface area contributed by atoms with Crippen molar-refractivity contribution >= 4 is 46.5 Å². The molecule has 0 aliphatic carbocycles. The van der Waals surface area contributed by atoms with Crippen molar-refractivity contribution in [3.8, 4) is 0 Å². The van der Waals surface area contributed by atoms with Gasteiger partial charge in [0, 0.05) is 19.1 Å². The normalized spacial score (nSPS) is 22.7. The van der Waals surface area contributed by atoms with Crippen molar-refractivity contribution in [2.45, 2.75) is 51.7 Å². The van der Waals surface area contributed by atoms with Gasteiger partial charge >= 0.3 is 6.03 Å². The van der Waals surface area contributed by atoms with Gasteiger partial charge in [0.15, 0.2) is 0 Å². The molecule has 12 heteroatoms. The van der Waals surface area contributed by atoms with Gasteiger partial charge in [0.2, 0.25) is 28.7 Å². The lowest BCUT2D eigenvalue weighted by molar-refractivity contribution is -0.129. The van der Waals surface area contributed by atoms with Crippen LogP contribution in [0.2, 0.25) is 0 Å². The number of hydrogen-bond acceptors (Lipinski definition) is 7. The quantitative estimate of drug-likeness (QED) is 0.372. The first kappa shape index (κ1) is 27.8. The first-order valence-corrected chi connectivity index (χ1v) is 12.2. The molecule has 1 saturated heterocycles. The first-order chi connectivity index (χ1) is 16.5. The van der Waals surface area contributed by atoms with Crippen molar-refractivity contribution in [1.82, 2.24) is 26.6 Å². The van der Waals surface area contributed by atoms with Gasteiger partial charge in [0.25, 0.3) is 0 Å². The molecule has 3 atom stereocenters. The van der Waals surface area contributed by atoms with E-state index in [2.05, 4.69) is 26.6 Å². The van der Waals surface area contributed by atoms with Crippen LogP contribution in [0.1, 0.15) is 32.8 Å². The molecular weight excluding hydrogens is 474 g/mol. The highest BCUT2D eigenvalue weighted by Gasteiger charge is 2.30. The third-order valence-corrected chi connectivity index (χ3v) is 6.04. The van der Waals surface area contributed by atoms with Crippen LogP contribution in [0.3, 0.4) is 0 Å². The van der Waals surface area contributed by atoms with Gasteiger partial charge < -0.3 is 21.3 Å². The largest absolute Gasteiger partial charge is 0.345 e. The Kier molecular flexibility index (Phi) is 10.7. The molecule has 5 N–H and O–H groups in total. The summed E-state index contributed by atoms with van der Waals surface area (Å²) in [7, 11) is 0. The zero-order chi connectivity index (χ0) is 26.0. The summed E-state index contributed by atoms with van der Waals surface area (Å²) >= 11 is 0.791. The highest BCUT2D eigenvalue weighted by Crippen LogP contribution is 2.14. The van der Waals surface area contributed by atoms with Gasteiger partial charge in [-0.3, -0.25) is 29.3 Å². The van der Waals surface area contributed by atoms with Crippen molar-refractivity contribution in [3.63, 3.8) is 0 Å². The lowest BCUT2D eigenvalue weighted by Gasteiger charge is -2.24. The fourth-order valence-electron chi connectivity index (χ4n) is 3.37. The molecule has 1 fully saturated rings. The van der Waals surface area contributed by atoms with Crippen LogP contribution >= 0.6 is 11.8 Å². The SMILES string of the molecule is CC(=O)N[C@H]1CSC(=O)[C@H](Cc2ccccc2)NC(=O)[C@H](CC(C)C)NC(=O)NC(=O)CNC1=O. The van der Waals surface area contributed by atoms with Gasteiger partial charge in [0.1, 0.15) is 18.1 Å². The summed E-state index contributed by atoms with van der Waals surface area (Å²) < 4.78 is 0. The molecule has 0 saturated carbocycles. The maximum Gasteiger partial charge on any atom is 0.322 e. The summed E-state index contributed by atoms with van der Waals surface area (Å²) in [6.45, 7) is 4.43. The molecule has 0 radical (unpaired) electrons. The molecule has 11 nitrogen and oxygen atoms in total. The van der Waals surface area contributed by atoms with E-state index in [1.165, 1.54) is 6.92 Å². The summed E-state index contributed by atoms with van der Waals surface area (Å²) in [4.78, 5) is 74.7. The maximum absolute atomic E-state index is 13.1. The zero-order valence-corrected chi connectivity index (χ0v) is 20.7. The van der Waals surface area contributed by atoms with Crippen LogP contribution < -0.4 is 26.6 Å². The molecular formula is C23H31N5O6S. The van der Waals surface area contributed by atoms with Crippen LogP contribution in [0.4, 0.5) is 4.79 Å². The second-order valence-electron chi connectivity index (χ2n) is 8.56. The monoisotopic (exact) mass is 505 g/mol. The number of benzene rings is 1. The number of thioether (sulfide) groups is 1. The number of imide groups is 1. The van der Waals surface area contributed by atoms with E-state index < -0.39 is 59.4 Å². The van der Waals surface area contributed by atoms with Crippen LogP contribution in [0.25, 0.3) is 0 Å². The van der Waals surface area contributed by atoms with E-state index in [4.69, 9.17) is 0 Å². The highest BCUT2D eigenvalue weighted by atomic mass is 32.2. The molecule has 190 valence electrons. The van der Waals surface area contributed by atoms with Gasteiger partial charge in [-0.2, -0.15) is 0 Å². The van der Waals surface area contributed by atoms with Crippen molar-refractivity contribution < 1.29 is 28.8 Å². The van der Waals surface area contributed by atoms with E-state index in [0.29, 0.717) is 0 Å². The van der Waals surface area contributed by atoms with E-state index in [0.717, 1.165) is 17.3 Å².